The fourth-order valence-electron chi connectivity index (χ4n) is 4.61. The van der Waals surface area contributed by atoms with Crippen LogP contribution in [0.3, 0.4) is 0 Å². The number of carbonyl (C=O) groups excluding carboxylic acids is 3. The number of hydrogen-bond donors (Lipinski definition) is 6. The number of methoxy groups -OCH3 is 1. The SMILES string of the molecule is C#CCCOc1ccc(CO[C@]2(C(=O)OC)C[C@H](O)[C@@H](NC(=O)CO)[C@H]([C@H](O)[C@H](O)CNC(=O)Cc3ccc(Cl)cc3)O2)cc1. The van der Waals surface area contributed by atoms with Crippen LogP contribution in [0, 0.1) is 12.3 Å². The molecule has 2 aromatic rings. The molecular formula is C31H37ClN2O11. The van der Waals surface area contributed by atoms with E-state index in [1.807, 2.05) is 0 Å². The lowest BCUT2D eigenvalue weighted by Crippen LogP contribution is -2.68. The summed E-state index contributed by atoms with van der Waals surface area (Å²) in [7, 11) is 1.07. The number of nitrogens with one attached hydrogen (secondary N) is 2. The molecule has 13 nitrogen and oxygen atoms in total. The van der Waals surface area contributed by atoms with Crippen LogP contribution in [-0.2, 0) is 41.6 Å². The maximum absolute atomic E-state index is 13.0. The van der Waals surface area contributed by atoms with Crippen molar-refractivity contribution in [2.24, 2.45) is 0 Å². The number of ether oxygens (including phenoxy) is 4. The molecule has 1 aliphatic heterocycles. The zero-order valence-corrected chi connectivity index (χ0v) is 25.3. The first kappa shape index (κ1) is 35.7. The van der Waals surface area contributed by atoms with Gasteiger partial charge in [-0.1, -0.05) is 35.9 Å². The molecule has 45 heavy (non-hydrogen) atoms. The minimum absolute atomic E-state index is 0.0366. The molecule has 0 aromatic heterocycles. The van der Waals surface area contributed by atoms with Crippen LogP contribution in [0.25, 0.3) is 0 Å². The third-order valence-electron chi connectivity index (χ3n) is 6.97. The van der Waals surface area contributed by atoms with Crippen molar-refractivity contribution >= 4 is 29.4 Å². The molecule has 2 aromatic carbocycles. The topological polar surface area (TPSA) is 193 Å². The van der Waals surface area contributed by atoms with E-state index in [-0.39, 0.29) is 13.0 Å². The number of aliphatic hydroxyl groups excluding tert-OH is 4. The maximum atomic E-state index is 13.0. The highest BCUT2D eigenvalue weighted by Gasteiger charge is 2.56. The number of carbonyl (C=O) groups is 3. The van der Waals surface area contributed by atoms with E-state index in [1.165, 1.54) is 0 Å². The summed E-state index contributed by atoms with van der Waals surface area (Å²) in [4.78, 5) is 37.5. The van der Waals surface area contributed by atoms with Crippen LogP contribution in [0.2, 0.25) is 5.02 Å². The Kier molecular flexibility index (Phi) is 13.6. The highest BCUT2D eigenvalue weighted by Crippen LogP contribution is 2.35. The van der Waals surface area contributed by atoms with Crippen molar-refractivity contribution in [1.29, 1.82) is 0 Å². The number of esters is 1. The fraction of sp³-hybridized carbons (Fsp3) is 0.452. The number of hydrogen-bond acceptors (Lipinski definition) is 11. The third kappa shape index (κ3) is 10.1. The summed E-state index contributed by atoms with van der Waals surface area (Å²) in [6.07, 6.45) is -1.74. The van der Waals surface area contributed by atoms with Gasteiger partial charge in [0, 0.05) is 24.4 Å². The molecule has 14 heteroatoms. The Morgan fingerprint density at radius 2 is 1.78 bits per heavy atom. The smallest absolute Gasteiger partial charge is 0.366 e. The number of terminal acetylenes is 1. The Bertz CT molecular complexity index is 1320. The van der Waals surface area contributed by atoms with Crippen LogP contribution >= 0.6 is 11.6 Å². The zero-order valence-electron chi connectivity index (χ0n) is 24.6. The molecule has 6 N–H and O–H groups in total. The molecule has 2 amide bonds. The van der Waals surface area contributed by atoms with Crippen molar-refractivity contribution in [1.82, 2.24) is 10.6 Å². The summed E-state index contributed by atoms with van der Waals surface area (Å²) in [5, 5.41) is 47.6. The van der Waals surface area contributed by atoms with E-state index in [0.29, 0.717) is 34.9 Å². The number of benzene rings is 2. The number of amides is 2. The van der Waals surface area contributed by atoms with Gasteiger partial charge in [0.15, 0.2) is 0 Å². The first-order valence-corrected chi connectivity index (χ1v) is 14.4. The quantitative estimate of drug-likeness (QED) is 0.0854. The summed E-state index contributed by atoms with van der Waals surface area (Å²) < 4.78 is 22.2. The number of rotatable bonds is 15. The highest BCUT2D eigenvalue weighted by atomic mass is 35.5. The summed E-state index contributed by atoms with van der Waals surface area (Å²) in [5.41, 5.74) is 1.24. The first-order valence-electron chi connectivity index (χ1n) is 14.0. The van der Waals surface area contributed by atoms with Crippen molar-refractivity contribution in [3.63, 3.8) is 0 Å². The zero-order chi connectivity index (χ0) is 33.0. The van der Waals surface area contributed by atoms with Gasteiger partial charge in [-0.25, -0.2) is 4.79 Å². The van der Waals surface area contributed by atoms with E-state index in [9.17, 15) is 34.8 Å². The third-order valence-corrected chi connectivity index (χ3v) is 7.22. The lowest BCUT2D eigenvalue weighted by molar-refractivity contribution is -0.315. The minimum Gasteiger partial charge on any atom is -0.493 e. The largest absolute Gasteiger partial charge is 0.493 e. The molecule has 1 heterocycles. The Labute approximate surface area is 265 Å². The van der Waals surface area contributed by atoms with Crippen molar-refractivity contribution in [3.8, 4) is 18.1 Å². The minimum atomic E-state index is -2.28. The van der Waals surface area contributed by atoms with Gasteiger partial charge in [-0.2, -0.15) is 0 Å². The van der Waals surface area contributed by atoms with E-state index < -0.39 is 73.6 Å². The molecule has 1 aliphatic rings. The Morgan fingerprint density at radius 1 is 1.11 bits per heavy atom. The molecule has 6 atom stereocenters. The molecule has 1 saturated heterocycles. The van der Waals surface area contributed by atoms with Gasteiger partial charge in [-0.05, 0) is 35.4 Å². The van der Waals surface area contributed by atoms with Gasteiger partial charge in [-0.15, -0.1) is 12.3 Å². The van der Waals surface area contributed by atoms with Crippen LogP contribution in [0.4, 0.5) is 0 Å². The van der Waals surface area contributed by atoms with Crippen LogP contribution in [0.1, 0.15) is 24.0 Å². The van der Waals surface area contributed by atoms with Gasteiger partial charge in [0.25, 0.3) is 5.79 Å². The molecule has 0 bridgehead atoms. The van der Waals surface area contributed by atoms with E-state index in [1.54, 1.807) is 48.5 Å². The number of halogens is 1. The molecule has 0 saturated carbocycles. The monoisotopic (exact) mass is 648 g/mol. The van der Waals surface area contributed by atoms with Gasteiger partial charge in [-0.3, -0.25) is 9.59 Å². The maximum Gasteiger partial charge on any atom is 0.366 e. The van der Waals surface area contributed by atoms with Gasteiger partial charge in [0.05, 0.1) is 45.0 Å². The van der Waals surface area contributed by atoms with E-state index in [4.69, 9.17) is 37.0 Å². The van der Waals surface area contributed by atoms with Crippen LogP contribution in [0.5, 0.6) is 5.75 Å². The van der Waals surface area contributed by atoms with Crippen LogP contribution in [-0.4, -0.2) is 101 Å². The van der Waals surface area contributed by atoms with Crippen molar-refractivity contribution < 1.29 is 53.8 Å². The summed E-state index contributed by atoms with van der Waals surface area (Å²) in [6.45, 7) is -1.28. The van der Waals surface area contributed by atoms with Gasteiger partial charge in [0.1, 0.15) is 24.6 Å². The predicted molar refractivity (Wildman–Crippen MR) is 160 cm³/mol. The predicted octanol–water partition coefficient (Wildman–Crippen LogP) is -0.164. The molecule has 1 fully saturated rings. The first-order chi connectivity index (χ1) is 21.5. The van der Waals surface area contributed by atoms with Crippen molar-refractivity contribution in [2.75, 3.05) is 26.9 Å². The Hall–Kier alpha value is -3.74. The molecule has 3 rings (SSSR count). The lowest BCUT2D eigenvalue weighted by Gasteiger charge is -2.47. The Morgan fingerprint density at radius 3 is 2.40 bits per heavy atom. The summed E-state index contributed by atoms with van der Waals surface area (Å²) in [6, 6.07) is 11.8. The van der Waals surface area contributed by atoms with E-state index in [2.05, 4.69) is 16.6 Å². The van der Waals surface area contributed by atoms with Crippen molar-refractivity contribution in [2.45, 2.75) is 62.1 Å². The van der Waals surface area contributed by atoms with Gasteiger partial charge in [0.2, 0.25) is 11.8 Å². The molecule has 0 unspecified atom stereocenters. The summed E-state index contributed by atoms with van der Waals surface area (Å²) in [5.74, 6) is -1.69. The average Bonchev–Trinajstić information content (AvgIpc) is 3.04. The van der Waals surface area contributed by atoms with Gasteiger partial charge < -0.3 is 50.0 Å². The molecule has 0 radical (unpaired) electrons. The standard InChI is InChI=1S/C31H37ClN2O11/c1-3-4-13-43-22-11-7-20(8-12-22)18-44-31(30(41)42-2)15-23(36)27(34-26(39)17-35)29(45-31)28(40)24(37)16-33-25(38)14-19-5-9-21(32)10-6-19/h1,5-12,23-24,27-29,35-37,40H,4,13-18H2,2H3,(H,33,38)(H,34,39)/t23-,24+,27+,28+,29+,31+/m0/s1. The van der Waals surface area contributed by atoms with E-state index >= 15 is 0 Å². The molecule has 244 valence electrons. The average molecular weight is 649 g/mol. The highest BCUT2D eigenvalue weighted by molar-refractivity contribution is 6.30. The summed E-state index contributed by atoms with van der Waals surface area (Å²) >= 11 is 5.87. The van der Waals surface area contributed by atoms with Crippen molar-refractivity contribution in [3.05, 3.63) is 64.7 Å². The Balaban J connectivity index is 1.76. The number of aliphatic hydroxyl groups is 4. The molecular weight excluding hydrogens is 612 g/mol. The molecule has 0 spiro atoms. The van der Waals surface area contributed by atoms with Gasteiger partial charge >= 0.3 is 5.97 Å². The van der Waals surface area contributed by atoms with Crippen LogP contribution < -0.4 is 15.4 Å². The fourth-order valence-corrected chi connectivity index (χ4v) is 4.74. The lowest BCUT2D eigenvalue weighted by atomic mass is 9.88. The molecule has 0 aliphatic carbocycles. The second-order valence-corrected chi connectivity index (χ2v) is 10.7. The van der Waals surface area contributed by atoms with Crippen LogP contribution in [0.15, 0.2) is 48.5 Å². The second-order valence-electron chi connectivity index (χ2n) is 10.3. The van der Waals surface area contributed by atoms with E-state index in [0.717, 1.165) is 7.11 Å². The normalized spacial score (nSPS) is 22.4. The second kappa shape index (κ2) is 17.1.